The van der Waals surface area contributed by atoms with E-state index in [1.54, 1.807) is 6.92 Å². The minimum Gasteiger partial charge on any atom is -0.379 e. The third-order valence-electron chi connectivity index (χ3n) is 5.27. The second-order valence-corrected chi connectivity index (χ2v) is 7.44. The number of rotatable bonds is 14. The Bertz CT molecular complexity index is 500. The van der Waals surface area contributed by atoms with Crippen LogP contribution < -0.4 is 16.4 Å². The molecule has 3 amide bonds. The molecule has 0 heterocycles. The van der Waals surface area contributed by atoms with E-state index in [0.717, 1.165) is 12.8 Å². The van der Waals surface area contributed by atoms with E-state index in [2.05, 4.69) is 10.6 Å². The SMILES string of the molecule is CCC[C@H](NC(=O)CC(OC)[C@@H](NC(C)=O)C(C)CC)C(OC)[C@@H](C)C(N)=O. The van der Waals surface area contributed by atoms with Crippen molar-refractivity contribution in [3.8, 4) is 0 Å². The Morgan fingerprint density at radius 2 is 1.64 bits per heavy atom. The van der Waals surface area contributed by atoms with E-state index in [-0.39, 0.29) is 36.2 Å². The van der Waals surface area contributed by atoms with E-state index in [0.29, 0.717) is 6.42 Å². The molecule has 164 valence electrons. The van der Waals surface area contributed by atoms with Crippen LogP contribution in [0.25, 0.3) is 0 Å². The van der Waals surface area contributed by atoms with E-state index in [1.807, 2.05) is 20.8 Å². The van der Waals surface area contributed by atoms with Gasteiger partial charge in [0.1, 0.15) is 0 Å². The molecule has 8 nitrogen and oxygen atoms in total. The maximum absolute atomic E-state index is 12.7. The Labute approximate surface area is 169 Å². The van der Waals surface area contributed by atoms with Crippen LogP contribution in [-0.4, -0.2) is 56.2 Å². The second-order valence-electron chi connectivity index (χ2n) is 7.44. The molecule has 0 aromatic heterocycles. The quantitative estimate of drug-likeness (QED) is 0.406. The highest BCUT2D eigenvalue weighted by Gasteiger charge is 2.33. The van der Waals surface area contributed by atoms with E-state index < -0.39 is 24.0 Å². The van der Waals surface area contributed by atoms with Crippen LogP contribution in [0.5, 0.6) is 0 Å². The third-order valence-corrected chi connectivity index (χ3v) is 5.27. The molecule has 0 rings (SSSR count). The van der Waals surface area contributed by atoms with Crippen molar-refractivity contribution in [3.05, 3.63) is 0 Å². The first kappa shape index (κ1) is 26.3. The molecule has 0 aliphatic rings. The molecule has 4 N–H and O–H groups in total. The van der Waals surface area contributed by atoms with Crippen molar-refractivity contribution in [2.45, 2.75) is 84.6 Å². The lowest BCUT2D eigenvalue weighted by atomic mass is 9.91. The summed E-state index contributed by atoms with van der Waals surface area (Å²) in [5, 5.41) is 5.87. The van der Waals surface area contributed by atoms with E-state index >= 15 is 0 Å². The number of hydrogen-bond donors (Lipinski definition) is 3. The third kappa shape index (κ3) is 8.56. The van der Waals surface area contributed by atoms with E-state index in [1.165, 1.54) is 21.1 Å². The number of nitrogens with two attached hydrogens (primary N) is 1. The van der Waals surface area contributed by atoms with Gasteiger partial charge in [-0.1, -0.05) is 40.5 Å². The molecular formula is C20H39N3O5. The number of carbonyl (C=O) groups excluding carboxylic acids is 3. The second kappa shape index (κ2) is 13.5. The average Bonchev–Trinajstić information content (AvgIpc) is 2.64. The summed E-state index contributed by atoms with van der Waals surface area (Å²) in [4.78, 5) is 35.9. The summed E-state index contributed by atoms with van der Waals surface area (Å²) in [5.74, 6) is -1.24. The predicted octanol–water partition coefficient (Wildman–Crippen LogP) is 1.36. The number of carbonyl (C=O) groups is 3. The van der Waals surface area contributed by atoms with Crippen LogP contribution in [0.15, 0.2) is 0 Å². The normalized spacial score (nSPS) is 17.7. The van der Waals surface area contributed by atoms with Crippen LogP contribution in [0.2, 0.25) is 0 Å². The monoisotopic (exact) mass is 401 g/mol. The zero-order valence-corrected chi connectivity index (χ0v) is 18.4. The molecule has 0 spiro atoms. The Hall–Kier alpha value is -1.67. The van der Waals surface area contributed by atoms with E-state index in [9.17, 15) is 14.4 Å². The van der Waals surface area contributed by atoms with Crippen molar-refractivity contribution in [1.82, 2.24) is 10.6 Å². The van der Waals surface area contributed by atoms with Crippen LogP contribution >= 0.6 is 0 Å². The number of methoxy groups -OCH3 is 2. The summed E-state index contributed by atoms with van der Waals surface area (Å²) >= 11 is 0. The number of amides is 3. The predicted molar refractivity (Wildman–Crippen MR) is 108 cm³/mol. The standard InChI is InChI=1S/C20H39N3O5/c1-8-10-15(19(28-7)13(4)20(21)26)23-17(25)11-16(27-6)18(12(3)9-2)22-14(5)24/h12-13,15-16,18-19H,8-11H2,1-7H3,(H2,21,26)(H,22,24)(H,23,25)/t12?,13-,15+,16?,18+,19?/m1/s1. The lowest BCUT2D eigenvalue weighted by molar-refractivity contribution is -0.131. The topological polar surface area (TPSA) is 120 Å². The highest BCUT2D eigenvalue weighted by atomic mass is 16.5. The minimum absolute atomic E-state index is 0.0907. The Balaban J connectivity index is 5.28. The van der Waals surface area contributed by atoms with Gasteiger partial charge in [-0.15, -0.1) is 0 Å². The fourth-order valence-electron chi connectivity index (χ4n) is 3.40. The van der Waals surface area contributed by atoms with Gasteiger partial charge in [-0.2, -0.15) is 0 Å². The van der Waals surface area contributed by atoms with Crippen molar-refractivity contribution < 1.29 is 23.9 Å². The summed E-state index contributed by atoms with van der Waals surface area (Å²) < 4.78 is 11.0. The molecule has 8 heteroatoms. The summed E-state index contributed by atoms with van der Waals surface area (Å²) in [6, 6.07) is -0.615. The highest BCUT2D eigenvalue weighted by molar-refractivity contribution is 5.79. The molecular weight excluding hydrogens is 362 g/mol. The van der Waals surface area contributed by atoms with Gasteiger partial charge in [-0.05, 0) is 12.3 Å². The molecule has 0 aliphatic heterocycles. The number of nitrogens with one attached hydrogen (secondary N) is 2. The fraction of sp³-hybridized carbons (Fsp3) is 0.850. The summed E-state index contributed by atoms with van der Waals surface area (Å²) in [5.41, 5.74) is 5.42. The van der Waals surface area contributed by atoms with Gasteiger partial charge in [0.05, 0.1) is 36.6 Å². The van der Waals surface area contributed by atoms with Crippen molar-refractivity contribution in [3.63, 3.8) is 0 Å². The summed E-state index contributed by atoms with van der Waals surface area (Å²) in [6.45, 7) is 9.18. The maximum atomic E-state index is 12.7. The maximum Gasteiger partial charge on any atom is 0.222 e. The van der Waals surface area contributed by atoms with Crippen LogP contribution in [0.3, 0.4) is 0 Å². The Kier molecular flexibility index (Phi) is 12.7. The smallest absolute Gasteiger partial charge is 0.222 e. The zero-order chi connectivity index (χ0) is 21.9. The number of ether oxygens (including phenoxy) is 2. The van der Waals surface area contributed by atoms with Gasteiger partial charge in [0.25, 0.3) is 0 Å². The van der Waals surface area contributed by atoms with Crippen molar-refractivity contribution in [1.29, 1.82) is 0 Å². The van der Waals surface area contributed by atoms with Gasteiger partial charge < -0.3 is 25.8 Å². The van der Waals surface area contributed by atoms with E-state index in [4.69, 9.17) is 15.2 Å². The first-order valence-electron chi connectivity index (χ1n) is 10.0. The highest BCUT2D eigenvalue weighted by Crippen LogP contribution is 2.18. The summed E-state index contributed by atoms with van der Waals surface area (Å²) in [6.07, 6.45) is 1.42. The number of primary amides is 1. The zero-order valence-electron chi connectivity index (χ0n) is 18.4. The molecule has 28 heavy (non-hydrogen) atoms. The van der Waals surface area contributed by atoms with Crippen LogP contribution in [-0.2, 0) is 23.9 Å². The van der Waals surface area contributed by atoms with Gasteiger partial charge in [-0.25, -0.2) is 0 Å². The Morgan fingerprint density at radius 1 is 1.04 bits per heavy atom. The van der Waals surface area contributed by atoms with Gasteiger partial charge in [-0.3, -0.25) is 14.4 Å². The first-order chi connectivity index (χ1) is 13.1. The van der Waals surface area contributed by atoms with Crippen LogP contribution in [0, 0.1) is 11.8 Å². The van der Waals surface area contributed by atoms with Gasteiger partial charge in [0.2, 0.25) is 17.7 Å². The van der Waals surface area contributed by atoms with Gasteiger partial charge in [0.15, 0.2) is 0 Å². The first-order valence-corrected chi connectivity index (χ1v) is 10.0. The lowest BCUT2D eigenvalue weighted by Gasteiger charge is -2.33. The van der Waals surface area contributed by atoms with Crippen LogP contribution in [0.4, 0.5) is 0 Å². The molecule has 0 aromatic carbocycles. The summed E-state index contributed by atoms with van der Waals surface area (Å²) in [7, 11) is 3.04. The fourth-order valence-corrected chi connectivity index (χ4v) is 3.40. The van der Waals surface area contributed by atoms with Gasteiger partial charge >= 0.3 is 0 Å². The number of hydrogen-bond acceptors (Lipinski definition) is 5. The van der Waals surface area contributed by atoms with Gasteiger partial charge in [0, 0.05) is 21.1 Å². The van der Waals surface area contributed by atoms with Crippen molar-refractivity contribution >= 4 is 17.7 Å². The average molecular weight is 402 g/mol. The molecule has 0 radical (unpaired) electrons. The molecule has 0 aliphatic carbocycles. The van der Waals surface area contributed by atoms with Crippen molar-refractivity contribution in [2.24, 2.45) is 17.6 Å². The lowest BCUT2D eigenvalue weighted by Crippen LogP contribution is -2.52. The molecule has 3 unspecified atom stereocenters. The van der Waals surface area contributed by atoms with Crippen LogP contribution in [0.1, 0.15) is 60.3 Å². The molecule has 0 saturated carbocycles. The largest absolute Gasteiger partial charge is 0.379 e. The molecule has 6 atom stereocenters. The van der Waals surface area contributed by atoms with Crippen molar-refractivity contribution in [2.75, 3.05) is 14.2 Å². The molecule has 0 fully saturated rings. The molecule has 0 aromatic rings. The molecule has 0 bridgehead atoms. The minimum atomic E-state index is -0.535. The molecule has 0 saturated heterocycles. The Morgan fingerprint density at radius 3 is 2.04 bits per heavy atom.